The van der Waals surface area contributed by atoms with Gasteiger partial charge in [0.1, 0.15) is 0 Å². The second-order valence-corrected chi connectivity index (χ2v) is 14.2. The number of hydrogen-bond donors (Lipinski definition) is 0. The Balaban J connectivity index is 0.981. The highest BCUT2D eigenvalue weighted by Gasteiger charge is 2.18. The lowest BCUT2D eigenvalue weighted by Gasteiger charge is -2.27. The van der Waals surface area contributed by atoms with Crippen LogP contribution in [-0.4, -0.2) is 0 Å². The molecule has 264 valence electrons. The van der Waals surface area contributed by atoms with Crippen molar-refractivity contribution in [3.63, 3.8) is 0 Å². The highest BCUT2D eigenvalue weighted by atomic mass is 15.1. The summed E-state index contributed by atoms with van der Waals surface area (Å²) in [7, 11) is 0. The van der Waals surface area contributed by atoms with Gasteiger partial charge in [0.05, 0.1) is 11.4 Å². The van der Waals surface area contributed by atoms with E-state index < -0.39 is 0 Å². The first kappa shape index (κ1) is 33.2. The van der Waals surface area contributed by atoms with E-state index in [-0.39, 0.29) is 0 Å². The van der Waals surface area contributed by atoms with Gasteiger partial charge in [0.2, 0.25) is 0 Å². The number of nitrogens with zero attached hydrogens (tertiary/aromatic N) is 2. The molecular formula is C54H38N2. The maximum Gasteiger partial charge on any atom is 0.0546 e. The fraction of sp³-hybridized carbons (Fsp3) is 0. The fourth-order valence-corrected chi connectivity index (χ4v) is 8.11. The highest BCUT2D eigenvalue weighted by Crippen LogP contribution is 2.43. The molecule has 0 aliphatic heterocycles. The Hall–Kier alpha value is -7.42. The second-order valence-electron chi connectivity index (χ2n) is 14.2. The molecule has 0 bridgehead atoms. The third-order valence-corrected chi connectivity index (χ3v) is 10.8. The van der Waals surface area contributed by atoms with Crippen LogP contribution in [0.4, 0.5) is 34.1 Å². The standard InChI is InChI=1S/C54H38N2/c1-3-17-43(18-4-1)55(53-37-41-15-7-9-21-47(41)49-23-11-13-25-51(49)53)45-33-29-39(30-34-45)27-28-40-31-35-46(36-32-40)56(44-19-5-2-6-20-44)54-38-42-16-8-10-22-48(42)50-24-12-14-26-52(50)54/h1-38H/b28-27+. The first-order valence-electron chi connectivity index (χ1n) is 19.2. The van der Waals surface area contributed by atoms with E-state index in [4.69, 9.17) is 0 Å². The zero-order valence-corrected chi connectivity index (χ0v) is 30.8. The van der Waals surface area contributed by atoms with E-state index in [0.29, 0.717) is 0 Å². The molecule has 10 aromatic carbocycles. The van der Waals surface area contributed by atoms with E-state index in [1.54, 1.807) is 0 Å². The van der Waals surface area contributed by atoms with Gasteiger partial charge >= 0.3 is 0 Å². The molecule has 0 aliphatic carbocycles. The van der Waals surface area contributed by atoms with E-state index in [1.165, 1.54) is 43.1 Å². The fourth-order valence-electron chi connectivity index (χ4n) is 8.11. The predicted molar refractivity (Wildman–Crippen MR) is 241 cm³/mol. The molecule has 10 rings (SSSR count). The topological polar surface area (TPSA) is 6.48 Å². The Morgan fingerprint density at radius 2 is 0.554 bits per heavy atom. The summed E-state index contributed by atoms with van der Waals surface area (Å²) in [5, 5.41) is 9.94. The average Bonchev–Trinajstić information content (AvgIpc) is 3.27. The van der Waals surface area contributed by atoms with Gasteiger partial charge in [-0.05, 0) is 104 Å². The minimum absolute atomic E-state index is 1.11. The van der Waals surface area contributed by atoms with Crippen LogP contribution in [0.1, 0.15) is 11.1 Å². The summed E-state index contributed by atoms with van der Waals surface area (Å²) in [6, 6.07) is 78.5. The van der Waals surface area contributed by atoms with Crippen LogP contribution in [-0.2, 0) is 0 Å². The Labute approximate surface area is 327 Å². The number of rotatable bonds is 8. The van der Waals surface area contributed by atoms with Crippen LogP contribution < -0.4 is 9.80 Å². The number of hydrogen-bond acceptors (Lipinski definition) is 2. The first-order chi connectivity index (χ1) is 27.8. The van der Waals surface area contributed by atoms with Gasteiger partial charge in [-0.25, -0.2) is 0 Å². The van der Waals surface area contributed by atoms with Gasteiger partial charge in [-0.1, -0.05) is 170 Å². The Morgan fingerprint density at radius 1 is 0.250 bits per heavy atom. The van der Waals surface area contributed by atoms with Crippen molar-refractivity contribution in [1.82, 2.24) is 0 Å². The monoisotopic (exact) mass is 714 g/mol. The van der Waals surface area contributed by atoms with E-state index in [0.717, 1.165) is 45.3 Å². The Morgan fingerprint density at radius 3 is 0.946 bits per heavy atom. The molecule has 0 radical (unpaired) electrons. The molecule has 0 N–H and O–H groups in total. The number of benzene rings is 10. The van der Waals surface area contributed by atoms with Crippen molar-refractivity contribution in [2.75, 3.05) is 9.80 Å². The zero-order valence-electron chi connectivity index (χ0n) is 30.8. The summed E-state index contributed by atoms with van der Waals surface area (Å²) in [5.74, 6) is 0. The van der Waals surface area contributed by atoms with Gasteiger partial charge in [0.25, 0.3) is 0 Å². The molecule has 0 unspecified atom stereocenters. The molecule has 0 saturated heterocycles. The minimum atomic E-state index is 1.11. The van der Waals surface area contributed by atoms with Crippen LogP contribution in [0.2, 0.25) is 0 Å². The van der Waals surface area contributed by atoms with E-state index in [9.17, 15) is 0 Å². The van der Waals surface area contributed by atoms with Crippen molar-refractivity contribution in [3.05, 3.63) is 230 Å². The van der Waals surface area contributed by atoms with Crippen molar-refractivity contribution >= 4 is 89.4 Å². The van der Waals surface area contributed by atoms with Gasteiger partial charge in [-0.2, -0.15) is 0 Å². The van der Waals surface area contributed by atoms with E-state index >= 15 is 0 Å². The molecule has 0 spiro atoms. The van der Waals surface area contributed by atoms with Crippen molar-refractivity contribution in [2.45, 2.75) is 0 Å². The van der Waals surface area contributed by atoms with E-state index in [2.05, 4.69) is 240 Å². The third-order valence-electron chi connectivity index (χ3n) is 10.8. The smallest absolute Gasteiger partial charge is 0.0546 e. The van der Waals surface area contributed by atoms with Crippen LogP contribution in [0.25, 0.3) is 55.2 Å². The van der Waals surface area contributed by atoms with Gasteiger partial charge in [-0.3, -0.25) is 0 Å². The normalized spacial score (nSPS) is 11.5. The highest BCUT2D eigenvalue weighted by molar-refractivity contribution is 6.15. The van der Waals surface area contributed by atoms with Crippen LogP contribution in [0.3, 0.4) is 0 Å². The molecule has 2 heteroatoms. The summed E-state index contributed by atoms with van der Waals surface area (Å²) in [4.78, 5) is 4.75. The second kappa shape index (κ2) is 14.4. The maximum absolute atomic E-state index is 2.37. The van der Waals surface area contributed by atoms with E-state index in [1.807, 2.05) is 0 Å². The summed E-state index contributed by atoms with van der Waals surface area (Å²) in [5.41, 5.74) is 9.08. The lowest BCUT2D eigenvalue weighted by atomic mass is 9.99. The first-order valence-corrected chi connectivity index (χ1v) is 19.2. The summed E-state index contributed by atoms with van der Waals surface area (Å²) >= 11 is 0. The quantitative estimate of drug-likeness (QED) is 0.114. The van der Waals surface area contributed by atoms with Crippen LogP contribution in [0.5, 0.6) is 0 Å². The summed E-state index contributed by atoms with van der Waals surface area (Å²) in [6.45, 7) is 0. The lowest BCUT2D eigenvalue weighted by molar-refractivity contribution is 1.30. The maximum atomic E-state index is 2.37. The molecule has 2 nitrogen and oxygen atoms in total. The number of fused-ring (bicyclic) bond motifs is 6. The van der Waals surface area contributed by atoms with Gasteiger partial charge in [0.15, 0.2) is 0 Å². The number of para-hydroxylation sites is 2. The molecular weight excluding hydrogens is 677 g/mol. The molecule has 10 aromatic rings. The van der Waals surface area contributed by atoms with Crippen LogP contribution in [0, 0.1) is 0 Å². The number of anilines is 6. The Kier molecular flexibility index (Phi) is 8.55. The molecule has 0 fully saturated rings. The lowest BCUT2D eigenvalue weighted by Crippen LogP contribution is -2.10. The average molecular weight is 715 g/mol. The minimum Gasteiger partial charge on any atom is -0.310 e. The molecule has 0 aliphatic rings. The zero-order chi connectivity index (χ0) is 37.3. The SMILES string of the molecule is C(=C\c1ccc(N(c2ccccc2)c2cc3ccccc3c3ccccc23)cc1)/c1ccc(N(c2ccccc2)c2cc3ccccc3c3ccccc23)cc1. The molecule has 0 aromatic heterocycles. The van der Waals surface area contributed by atoms with Crippen molar-refractivity contribution in [3.8, 4) is 0 Å². The molecule has 56 heavy (non-hydrogen) atoms. The molecule has 0 amide bonds. The van der Waals surface area contributed by atoms with Crippen molar-refractivity contribution in [1.29, 1.82) is 0 Å². The summed E-state index contributed by atoms with van der Waals surface area (Å²) in [6.07, 6.45) is 4.39. The van der Waals surface area contributed by atoms with Crippen molar-refractivity contribution in [2.24, 2.45) is 0 Å². The van der Waals surface area contributed by atoms with Gasteiger partial charge in [0, 0.05) is 33.5 Å². The third kappa shape index (κ3) is 6.14. The predicted octanol–water partition coefficient (Wildman–Crippen LogP) is 15.4. The van der Waals surface area contributed by atoms with Crippen LogP contribution in [0.15, 0.2) is 218 Å². The van der Waals surface area contributed by atoms with Crippen molar-refractivity contribution < 1.29 is 0 Å². The summed E-state index contributed by atoms with van der Waals surface area (Å²) < 4.78 is 0. The van der Waals surface area contributed by atoms with Gasteiger partial charge < -0.3 is 9.80 Å². The molecule has 0 heterocycles. The van der Waals surface area contributed by atoms with Gasteiger partial charge in [-0.15, -0.1) is 0 Å². The molecule has 0 atom stereocenters. The Bertz CT molecular complexity index is 2800. The molecule has 0 saturated carbocycles. The van der Waals surface area contributed by atoms with Crippen LogP contribution >= 0.6 is 0 Å². The largest absolute Gasteiger partial charge is 0.310 e.